The van der Waals surface area contributed by atoms with Crippen LogP contribution < -0.4 is 0 Å². The number of hydrogen-bond acceptors (Lipinski definition) is 2. The maximum Gasteiger partial charge on any atom is 0.313 e. The fourth-order valence-electron chi connectivity index (χ4n) is 1.99. The van der Waals surface area contributed by atoms with Crippen LogP contribution in [0.25, 0.3) is 11.3 Å². The van der Waals surface area contributed by atoms with Crippen LogP contribution >= 0.6 is 0 Å². The van der Waals surface area contributed by atoms with Crippen molar-refractivity contribution in [2.45, 2.75) is 32.7 Å². The zero-order chi connectivity index (χ0) is 14.0. The van der Waals surface area contributed by atoms with Gasteiger partial charge in [0.05, 0.1) is 23.6 Å². The van der Waals surface area contributed by atoms with E-state index in [-0.39, 0.29) is 0 Å². The van der Waals surface area contributed by atoms with E-state index in [4.69, 9.17) is 0 Å². The van der Waals surface area contributed by atoms with E-state index in [1.54, 1.807) is 20.2 Å². The van der Waals surface area contributed by atoms with Crippen LogP contribution in [0.15, 0.2) is 36.8 Å². The molecule has 0 amide bonds. The number of aliphatic carboxylic acids is 1. The van der Waals surface area contributed by atoms with Crippen LogP contribution in [-0.2, 0) is 16.8 Å². The first-order valence-electron chi connectivity index (χ1n) is 6.31. The van der Waals surface area contributed by atoms with Gasteiger partial charge in [-0.2, -0.15) is 0 Å². The molecule has 0 bridgehead atoms. The van der Waals surface area contributed by atoms with Crippen LogP contribution in [0.1, 0.15) is 26.3 Å². The molecule has 4 heteroatoms. The quantitative estimate of drug-likeness (QED) is 0.917. The third-order valence-electron chi connectivity index (χ3n) is 3.49. The van der Waals surface area contributed by atoms with Crippen LogP contribution in [0.3, 0.4) is 0 Å². The number of aromatic nitrogens is 2. The molecule has 1 N–H and O–H groups in total. The zero-order valence-electron chi connectivity index (χ0n) is 11.4. The van der Waals surface area contributed by atoms with Crippen LogP contribution in [0.2, 0.25) is 0 Å². The van der Waals surface area contributed by atoms with E-state index in [1.807, 2.05) is 30.5 Å². The number of nitrogens with zero attached hydrogens (tertiary/aromatic N) is 2. The van der Waals surface area contributed by atoms with Gasteiger partial charge in [-0.1, -0.05) is 24.3 Å². The van der Waals surface area contributed by atoms with Crippen LogP contribution in [0.5, 0.6) is 0 Å². The Labute approximate surface area is 112 Å². The van der Waals surface area contributed by atoms with E-state index in [1.165, 1.54) is 0 Å². The summed E-state index contributed by atoms with van der Waals surface area (Å²) >= 11 is 0. The van der Waals surface area contributed by atoms with Crippen molar-refractivity contribution in [1.82, 2.24) is 9.55 Å². The topological polar surface area (TPSA) is 55.1 Å². The fourth-order valence-corrected chi connectivity index (χ4v) is 1.99. The largest absolute Gasteiger partial charge is 0.481 e. The van der Waals surface area contributed by atoms with Gasteiger partial charge >= 0.3 is 5.97 Å². The second kappa shape index (κ2) is 4.88. The zero-order valence-corrected chi connectivity index (χ0v) is 11.4. The number of hydrogen-bond donors (Lipinski definition) is 1. The Kier molecular flexibility index (Phi) is 3.42. The molecule has 0 aliphatic rings. The van der Waals surface area contributed by atoms with Crippen molar-refractivity contribution in [3.05, 3.63) is 42.4 Å². The number of carboxylic acids is 1. The van der Waals surface area contributed by atoms with Crippen molar-refractivity contribution in [1.29, 1.82) is 0 Å². The third-order valence-corrected chi connectivity index (χ3v) is 3.49. The van der Waals surface area contributed by atoms with E-state index in [2.05, 4.69) is 16.5 Å². The second-order valence-corrected chi connectivity index (χ2v) is 5.07. The number of benzene rings is 1. The molecular weight excluding hydrogens is 240 g/mol. The summed E-state index contributed by atoms with van der Waals surface area (Å²) in [5.41, 5.74) is 2.02. The molecule has 1 aromatic heterocycles. The Morgan fingerprint density at radius 1 is 1.32 bits per heavy atom. The first-order chi connectivity index (χ1) is 8.96. The van der Waals surface area contributed by atoms with Crippen molar-refractivity contribution in [3.8, 4) is 11.3 Å². The molecule has 0 spiro atoms. The summed E-state index contributed by atoms with van der Waals surface area (Å²) in [7, 11) is 0. The van der Waals surface area contributed by atoms with Gasteiger partial charge in [0.25, 0.3) is 0 Å². The van der Waals surface area contributed by atoms with Crippen LogP contribution in [0.4, 0.5) is 0 Å². The molecule has 0 aliphatic carbocycles. The highest BCUT2D eigenvalue weighted by molar-refractivity contribution is 5.80. The third kappa shape index (κ3) is 2.38. The van der Waals surface area contributed by atoms with Gasteiger partial charge < -0.3 is 9.67 Å². The molecule has 0 unspecified atom stereocenters. The molecule has 0 fully saturated rings. The Morgan fingerprint density at radius 3 is 2.47 bits per heavy atom. The summed E-state index contributed by atoms with van der Waals surface area (Å²) in [6, 6.07) is 7.64. The average Bonchev–Trinajstić information content (AvgIpc) is 2.87. The Hall–Kier alpha value is -2.10. The molecule has 0 atom stereocenters. The normalized spacial score (nSPS) is 11.5. The van der Waals surface area contributed by atoms with Gasteiger partial charge in [0.2, 0.25) is 0 Å². The van der Waals surface area contributed by atoms with Crippen molar-refractivity contribution < 1.29 is 9.90 Å². The molecule has 0 saturated heterocycles. The summed E-state index contributed by atoms with van der Waals surface area (Å²) < 4.78 is 2.05. The van der Waals surface area contributed by atoms with Gasteiger partial charge in [0.15, 0.2) is 0 Å². The van der Waals surface area contributed by atoms with Crippen LogP contribution in [0, 0.1) is 0 Å². The minimum atomic E-state index is -0.871. The lowest BCUT2D eigenvalue weighted by Gasteiger charge is -2.19. The highest BCUT2D eigenvalue weighted by Crippen LogP contribution is 2.26. The molecule has 4 nitrogen and oxygen atoms in total. The number of carboxylic acid groups (broad SMARTS) is 1. The lowest BCUT2D eigenvalue weighted by molar-refractivity contribution is -0.142. The second-order valence-electron chi connectivity index (χ2n) is 5.07. The SMILES string of the molecule is CCn1cncc1-c1ccc(C(C)(C)C(=O)O)cc1. The predicted molar refractivity (Wildman–Crippen MR) is 74.0 cm³/mol. The van der Waals surface area contributed by atoms with Gasteiger partial charge in [0.1, 0.15) is 0 Å². The maximum atomic E-state index is 11.2. The predicted octanol–water partition coefficient (Wildman–Crippen LogP) is 2.93. The van der Waals surface area contributed by atoms with E-state index in [0.717, 1.165) is 23.4 Å². The highest BCUT2D eigenvalue weighted by Gasteiger charge is 2.29. The molecule has 0 radical (unpaired) electrons. The van der Waals surface area contributed by atoms with Crippen molar-refractivity contribution in [2.75, 3.05) is 0 Å². The molecular formula is C15H18N2O2. The summed E-state index contributed by atoms with van der Waals surface area (Å²) in [6.45, 7) is 6.34. The first kappa shape index (κ1) is 13.3. The maximum absolute atomic E-state index is 11.2. The Morgan fingerprint density at radius 2 is 1.95 bits per heavy atom. The van der Waals surface area contributed by atoms with E-state index < -0.39 is 11.4 Å². The first-order valence-corrected chi connectivity index (χ1v) is 6.31. The summed E-state index contributed by atoms with van der Waals surface area (Å²) in [5.74, 6) is -0.821. The monoisotopic (exact) mass is 258 g/mol. The Balaban J connectivity index is 2.37. The summed E-state index contributed by atoms with van der Waals surface area (Å²) in [4.78, 5) is 15.4. The lowest BCUT2D eigenvalue weighted by Crippen LogP contribution is -2.28. The van der Waals surface area contributed by atoms with Crippen molar-refractivity contribution in [3.63, 3.8) is 0 Å². The summed E-state index contributed by atoms with van der Waals surface area (Å²) in [5, 5.41) is 9.22. The van der Waals surface area contributed by atoms with Crippen LogP contribution in [-0.4, -0.2) is 20.6 Å². The average molecular weight is 258 g/mol. The van der Waals surface area contributed by atoms with Gasteiger partial charge in [0, 0.05) is 6.54 Å². The van der Waals surface area contributed by atoms with Crippen molar-refractivity contribution >= 4 is 5.97 Å². The summed E-state index contributed by atoms with van der Waals surface area (Å²) in [6.07, 6.45) is 3.62. The van der Waals surface area contributed by atoms with E-state index in [0.29, 0.717) is 0 Å². The van der Waals surface area contributed by atoms with Gasteiger partial charge in [-0.15, -0.1) is 0 Å². The van der Waals surface area contributed by atoms with Gasteiger partial charge in [-0.05, 0) is 31.9 Å². The molecule has 0 aliphatic heterocycles. The van der Waals surface area contributed by atoms with Crippen molar-refractivity contribution in [2.24, 2.45) is 0 Å². The number of carbonyl (C=O) groups is 1. The lowest BCUT2D eigenvalue weighted by atomic mass is 9.84. The Bertz CT molecular complexity index is 582. The molecule has 100 valence electrons. The molecule has 0 saturated carbocycles. The molecule has 1 aromatic carbocycles. The minimum Gasteiger partial charge on any atom is -0.481 e. The smallest absolute Gasteiger partial charge is 0.313 e. The fraction of sp³-hybridized carbons (Fsp3) is 0.333. The number of imidazole rings is 1. The van der Waals surface area contributed by atoms with Gasteiger partial charge in [-0.3, -0.25) is 4.79 Å². The van der Waals surface area contributed by atoms with E-state index in [9.17, 15) is 9.90 Å². The number of rotatable bonds is 4. The minimum absolute atomic E-state index is 0.798. The van der Waals surface area contributed by atoms with E-state index >= 15 is 0 Å². The molecule has 2 aromatic rings. The molecule has 2 rings (SSSR count). The standard InChI is InChI=1S/C15H18N2O2/c1-4-17-10-16-9-13(17)11-5-7-12(8-6-11)15(2,3)14(18)19/h5-10H,4H2,1-3H3,(H,18,19). The molecule has 1 heterocycles. The molecule has 19 heavy (non-hydrogen) atoms. The highest BCUT2D eigenvalue weighted by atomic mass is 16.4. The number of aryl methyl sites for hydroxylation is 1. The van der Waals surface area contributed by atoms with Gasteiger partial charge in [-0.25, -0.2) is 4.98 Å².